The maximum absolute atomic E-state index is 12.7. The van der Waals surface area contributed by atoms with Gasteiger partial charge in [-0.25, -0.2) is 9.47 Å². The first-order valence-electron chi connectivity index (χ1n) is 10.0. The van der Waals surface area contributed by atoms with E-state index in [4.69, 9.17) is 14.6 Å². The topological polar surface area (TPSA) is 117 Å². The van der Waals surface area contributed by atoms with Gasteiger partial charge in [-0.05, 0) is 42.7 Å². The third kappa shape index (κ3) is 3.16. The highest BCUT2D eigenvalue weighted by atomic mass is 16.5. The van der Waals surface area contributed by atoms with Gasteiger partial charge in [-0.2, -0.15) is 4.98 Å². The molecule has 160 valence electrons. The van der Waals surface area contributed by atoms with Gasteiger partial charge >= 0.3 is 5.69 Å². The molecule has 0 amide bonds. The fraction of sp³-hybridized carbons (Fsp3) is 0.286. The van der Waals surface area contributed by atoms with Crippen molar-refractivity contribution < 1.29 is 9.15 Å². The SMILES string of the molecule is COc1ccc(CCCn2c(=O)[nH]c3c4n(c(=N)nc32)N(C)C(c2ccco2)N4)cc1. The predicted molar refractivity (Wildman–Crippen MR) is 115 cm³/mol. The van der Waals surface area contributed by atoms with Crippen LogP contribution < -0.4 is 26.4 Å². The lowest BCUT2D eigenvalue weighted by Crippen LogP contribution is -2.38. The van der Waals surface area contributed by atoms with Crippen molar-refractivity contribution in [1.82, 2.24) is 19.2 Å². The number of aromatic amines is 1. The second-order valence-electron chi connectivity index (χ2n) is 7.46. The molecule has 31 heavy (non-hydrogen) atoms. The number of nitrogens with zero attached hydrogens (tertiary/aromatic N) is 4. The molecule has 0 spiro atoms. The molecule has 0 fully saturated rings. The molecule has 1 aromatic carbocycles. The summed E-state index contributed by atoms with van der Waals surface area (Å²) in [6.07, 6.45) is 2.89. The van der Waals surface area contributed by atoms with E-state index in [1.807, 2.05) is 48.5 Å². The number of fused-ring (bicyclic) bond motifs is 3. The van der Waals surface area contributed by atoms with E-state index in [1.165, 1.54) is 5.56 Å². The number of aryl methyl sites for hydroxylation is 2. The molecule has 0 saturated carbocycles. The van der Waals surface area contributed by atoms with Crippen molar-refractivity contribution in [2.24, 2.45) is 0 Å². The minimum Gasteiger partial charge on any atom is -0.497 e. The first-order valence-corrected chi connectivity index (χ1v) is 10.0. The highest BCUT2D eigenvalue weighted by Gasteiger charge is 2.32. The lowest BCUT2D eigenvalue weighted by molar-refractivity contribution is 0.414. The Morgan fingerprint density at radius 1 is 1.26 bits per heavy atom. The molecule has 5 rings (SSSR count). The van der Waals surface area contributed by atoms with Crippen molar-refractivity contribution >= 4 is 17.0 Å². The first kappa shape index (κ1) is 19.0. The molecule has 3 aromatic heterocycles. The molecule has 0 bridgehead atoms. The Morgan fingerprint density at radius 2 is 2.06 bits per heavy atom. The predicted octanol–water partition coefficient (Wildman–Crippen LogP) is 1.93. The van der Waals surface area contributed by atoms with E-state index in [0.29, 0.717) is 29.3 Å². The summed E-state index contributed by atoms with van der Waals surface area (Å²) in [5.41, 5.74) is 2.01. The number of hydrogen-bond acceptors (Lipinski definition) is 7. The van der Waals surface area contributed by atoms with E-state index in [0.717, 1.165) is 18.6 Å². The van der Waals surface area contributed by atoms with E-state index in [1.54, 1.807) is 22.6 Å². The van der Waals surface area contributed by atoms with Crippen LogP contribution >= 0.6 is 0 Å². The van der Waals surface area contributed by atoms with Gasteiger partial charge < -0.3 is 19.5 Å². The molecule has 3 N–H and O–H groups in total. The number of imidazole rings is 1. The van der Waals surface area contributed by atoms with Gasteiger partial charge in [-0.3, -0.25) is 15.0 Å². The summed E-state index contributed by atoms with van der Waals surface area (Å²) in [7, 11) is 3.48. The van der Waals surface area contributed by atoms with Crippen LogP contribution in [0.3, 0.4) is 0 Å². The molecule has 1 aliphatic heterocycles. The Balaban J connectivity index is 1.43. The van der Waals surface area contributed by atoms with Crippen molar-refractivity contribution in [3.05, 3.63) is 70.1 Å². The molecule has 0 saturated heterocycles. The fourth-order valence-corrected chi connectivity index (χ4v) is 4.02. The van der Waals surface area contributed by atoms with Crippen LogP contribution in [0.1, 0.15) is 23.9 Å². The Hall–Kier alpha value is -3.95. The maximum atomic E-state index is 12.7. The molecule has 1 atom stereocenters. The summed E-state index contributed by atoms with van der Waals surface area (Å²) in [5.74, 6) is 2.14. The van der Waals surface area contributed by atoms with E-state index < -0.39 is 0 Å². The van der Waals surface area contributed by atoms with Crippen molar-refractivity contribution in [3.8, 4) is 5.75 Å². The van der Waals surface area contributed by atoms with Crippen LogP contribution in [-0.4, -0.2) is 33.4 Å². The lowest BCUT2D eigenvalue weighted by Gasteiger charge is -2.20. The molecular formula is C21H23N7O3. The summed E-state index contributed by atoms with van der Waals surface area (Å²) < 4.78 is 13.9. The highest BCUT2D eigenvalue weighted by Crippen LogP contribution is 2.31. The average Bonchev–Trinajstić information content (AvgIpc) is 3.48. The zero-order valence-electron chi connectivity index (χ0n) is 17.3. The van der Waals surface area contributed by atoms with Crippen molar-refractivity contribution in [1.29, 1.82) is 5.41 Å². The lowest BCUT2D eigenvalue weighted by atomic mass is 10.1. The van der Waals surface area contributed by atoms with Crippen molar-refractivity contribution in [2.45, 2.75) is 25.6 Å². The van der Waals surface area contributed by atoms with Gasteiger partial charge in [0.05, 0.1) is 13.4 Å². The largest absolute Gasteiger partial charge is 0.497 e. The monoisotopic (exact) mass is 421 g/mol. The maximum Gasteiger partial charge on any atom is 0.327 e. The zero-order valence-corrected chi connectivity index (χ0v) is 17.3. The van der Waals surface area contributed by atoms with Gasteiger partial charge in [-0.15, -0.1) is 0 Å². The number of furan rings is 1. The summed E-state index contributed by atoms with van der Waals surface area (Å²) >= 11 is 0. The van der Waals surface area contributed by atoms with Crippen LogP contribution in [0.25, 0.3) is 11.2 Å². The Kier molecular flexibility index (Phi) is 4.54. The fourth-order valence-electron chi connectivity index (χ4n) is 4.02. The zero-order chi connectivity index (χ0) is 21.5. The summed E-state index contributed by atoms with van der Waals surface area (Å²) in [5, 5.41) is 13.6. The number of hydrogen-bond donors (Lipinski definition) is 3. The minimum absolute atomic E-state index is 0.0365. The summed E-state index contributed by atoms with van der Waals surface area (Å²) in [6, 6.07) is 11.6. The average molecular weight is 421 g/mol. The number of nitrogens with one attached hydrogen (secondary N) is 3. The number of anilines is 1. The summed E-state index contributed by atoms with van der Waals surface area (Å²) in [6.45, 7) is 0.498. The standard InChI is InChI=1S/C21H23N7O3/c1-26-17(15-6-4-12-31-15)24-19-16-18(25-20(22)28(19)26)27(21(29)23-16)11-3-5-13-7-9-14(30-2)10-8-13/h4,6-10,12,17,22,24H,3,5,11H2,1-2H3,(H,23,29). The molecule has 0 aliphatic carbocycles. The Labute approximate surface area is 177 Å². The van der Waals surface area contributed by atoms with E-state index in [9.17, 15) is 4.79 Å². The summed E-state index contributed by atoms with van der Waals surface area (Å²) in [4.78, 5) is 20.0. The third-order valence-electron chi connectivity index (χ3n) is 5.60. The van der Waals surface area contributed by atoms with Crippen LogP contribution in [0.4, 0.5) is 5.82 Å². The van der Waals surface area contributed by atoms with Crippen LogP contribution in [0.2, 0.25) is 0 Å². The number of rotatable bonds is 6. The molecule has 4 aromatic rings. The van der Waals surface area contributed by atoms with Crippen LogP contribution in [-0.2, 0) is 13.0 Å². The van der Waals surface area contributed by atoms with Gasteiger partial charge in [0.25, 0.3) is 0 Å². The van der Waals surface area contributed by atoms with Crippen LogP contribution in [0.5, 0.6) is 5.75 Å². The second-order valence-corrected chi connectivity index (χ2v) is 7.46. The molecule has 1 unspecified atom stereocenters. The number of H-pyrrole nitrogens is 1. The van der Waals surface area contributed by atoms with Crippen LogP contribution in [0, 0.1) is 5.41 Å². The number of ether oxygens (including phenoxy) is 1. The number of methoxy groups -OCH3 is 1. The Bertz CT molecular complexity index is 1330. The number of benzene rings is 1. The van der Waals surface area contributed by atoms with E-state index >= 15 is 0 Å². The molecule has 4 heterocycles. The molecule has 10 heteroatoms. The molecule has 10 nitrogen and oxygen atoms in total. The minimum atomic E-state index is -0.298. The molecule has 0 radical (unpaired) electrons. The van der Waals surface area contributed by atoms with Crippen LogP contribution in [0.15, 0.2) is 51.9 Å². The van der Waals surface area contributed by atoms with Crippen molar-refractivity contribution in [2.75, 3.05) is 24.5 Å². The molecular weight excluding hydrogens is 398 g/mol. The smallest absolute Gasteiger partial charge is 0.327 e. The van der Waals surface area contributed by atoms with Gasteiger partial charge in [0.2, 0.25) is 5.62 Å². The molecule has 1 aliphatic rings. The second kappa shape index (κ2) is 7.38. The van der Waals surface area contributed by atoms with Gasteiger partial charge in [0.1, 0.15) is 17.0 Å². The Morgan fingerprint density at radius 3 is 2.77 bits per heavy atom. The van der Waals surface area contributed by atoms with E-state index in [2.05, 4.69) is 15.3 Å². The third-order valence-corrected chi connectivity index (χ3v) is 5.60. The van der Waals surface area contributed by atoms with Gasteiger partial charge in [0, 0.05) is 13.6 Å². The van der Waals surface area contributed by atoms with Crippen molar-refractivity contribution in [3.63, 3.8) is 0 Å². The first-order chi connectivity index (χ1) is 15.1. The van der Waals surface area contributed by atoms with Gasteiger partial charge in [0.15, 0.2) is 17.6 Å². The van der Waals surface area contributed by atoms with Gasteiger partial charge in [-0.1, -0.05) is 12.1 Å². The number of aromatic nitrogens is 4. The highest BCUT2D eigenvalue weighted by molar-refractivity contribution is 5.84. The normalized spacial score (nSPS) is 15.3. The quantitative estimate of drug-likeness (QED) is 0.438. The van der Waals surface area contributed by atoms with E-state index in [-0.39, 0.29) is 17.5 Å².